The lowest BCUT2D eigenvalue weighted by Gasteiger charge is -2.11. The Morgan fingerprint density at radius 3 is 2.00 bits per heavy atom. The molecule has 0 aliphatic rings. The summed E-state index contributed by atoms with van der Waals surface area (Å²) in [6, 6.07) is 15.6. The summed E-state index contributed by atoms with van der Waals surface area (Å²) in [6.45, 7) is 8.89. The Kier molecular flexibility index (Phi) is 3.86. The van der Waals surface area contributed by atoms with Crippen LogP contribution in [0.25, 0.3) is 11.1 Å². The smallest absolute Gasteiger partial charge is 0.0181 e. The van der Waals surface area contributed by atoms with Gasteiger partial charge < -0.3 is 0 Å². The Morgan fingerprint density at radius 2 is 1.44 bits per heavy atom. The molecular formula is C18H22. The van der Waals surface area contributed by atoms with Crippen LogP contribution >= 0.6 is 0 Å². The number of rotatable bonds is 3. The molecule has 0 bridgehead atoms. The third-order valence-electron chi connectivity index (χ3n) is 3.36. The van der Waals surface area contributed by atoms with Crippen LogP contribution in [0.2, 0.25) is 0 Å². The molecule has 0 nitrogen and oxygen atoms in total. The standard InChI is InChI=1S/C18H22/c1-13(2)11-17-9-10-18(12-15(17)4)16-7-5-14(3)6-8-16/h5-10,12-13H,11H2,1-4H3. The van der Waals surface area contributed by atoms with E-state index < -0.39 is 0 Å². The SMILES string of the molecule is Cc1ccc(-c2ccc(CC(C)C)c(C)c2)cc1. The summed E-state index contributed by atoms with van der Waals surface area (Å²) >= 11 is 0. The molecule has 0 fully saturated rings. The van der Waals surface area contributed by atoms with E-state index in [2.05, 4.69) is 70.2 Å². The molecule has 0 aliphatic heterocycles. The average Bonchev–Trinajstić information content (AvgIpc) is 2.32. The van der Waals surface area contributed by atoms with Gasteiger partial charge in [-0.1, -0.05) is 61.9 Å². The van der Waals surface area contributed by atoms with Gasteiger partial charge in [0.15, 0.2) is 0 Å². The summed E-state index contributed by atoms with van der Waals surface area (Å²) in [5.74, 6) is 0.717. The largest absolute Gasteiger partial charge is 0.0625 e. The Morgan fingerprint density at radius 1 is 0.833 bits per heavy atom. The lowest BCUT2D eigenvalue weighted by molar-refractivity contribution is 0.645. The minimum Gasteiger partial charge on any atom is -0.0625 e. The molecule has 0 saturated carbocycles. The molecule has 0 aliphatic carbocycles. The molecule has 94 valence electrons. The molecule has 2 aromatic carbocycles. The Balaban J connectivity index is 2.31. The highest BCUT2D eigenvalue weighted by atomic mass is 14.1. The maximum Gasteiger partial charge on any atom is -0.0181 e. The summed E-state index contributed by atoms with van der Waals surface area (Å²) in [5.41, 5.74) is 6.81. The first-order valence-electron chi connectivity index (χ1n) is 6.73. The lowest BCUT2D eigenvalue weighted by Crippen LogP contribution is -1.96. The predicted molar refractivity (Wildman–Crippen MR) is 79.9 cm³/mol. The van der Waals surface area contributed by atoms with Gasteiger partial charge in [-0.2, -0.15) is 0 Å². The van der Waals surface area contributed by atoms with Crippen molar-refractivity contribution in [2.45, 2.75) is 34.1 Å². The first-order chi connectivity index (χ1) is 8.56. The zero-order valence-electron chi connectivity index (χ0n) is 11.8. The fraction of sp³-hybridized carbons (Fsp3) is 0.333. The minimum absolute atomic E-state index is 0.717. The van der Waals surface area contributed by atoms with Crippen LogP contribution in [0.4, 0.5) is 0 Å². The first-order valence-corrected chi connectivity index (χ1v) is 6.73. The highest BCUT2D eigenvalue weighted by molar-refractivity contribution is 5.65. The van der Waals surface area contributed by atoms with Crippen LogP contribution in [0.3, 0.4) is 0 Å². The second-order valence-corrected chi connectivity index (χ2v) is 5.61. The van der Waals surface area contributed by atoms with E-state index in [1.807, 2.05) is 0 Å². The van der Waals surface area contributed by atoms with Crippen molar-refractivity contribution in [1.82, 2.24) is 0 Å². The van der Waals surface area contributed by atoms with Gasteiger partial charge in [0.2, 0.25) is 0 Å². The fourth-order valence-corrected chi connectivity index (χ4v) is 2.29. The second kappa shape index (κ2) is 5.39. The van der Waals surface area contributed by atoms with Crippen LogP contribution in [0.5, 0.6) is 0 Å². The van der Waals surface area contributed by atoms with Gasteiger partial charge >= 0.3 is 0 Å². The molecule has 18 heavy (non-hydrogen) atoms. The molecule has 0 heterocycles. The van der Waals surface area contributed by atoms with Crippen molar-refractivity contribution in [1.29, 1.82) is 0 Å². The second-order valence-electron chi connectivity index (χ2n) is 5.61. The molecule has 0 saturated heterocycles. The molecule has 0 amide bonds. The normalized spacial score (nSPS) is 10.9. The zero-order valence-corrected chi connectivity index (χ0v) is 11.8. The van der Waals surface area contributed by atoms with Crippen molar-refractivity contribution in [3.8, 4) is 11.1 Å². The maximum absolute atomic E-state index is 2.31. The maximum atomic E-state index is 2.31. The third kappa shape index (κ3) is 3.01. The van der Waals surface area contributed by atoms with Crippen molar-refractivity contribution in [3.63, 3.8) is 0 Å². The molecule has 0 unspecified atom stereocenters. The fourth-order valence-electron chi connectivity index (χ4n) is 2.29. The van der Waals surface area contributed by atoms with Gasteiger partial charge in [0.25, 0.3) is 0 Å². The molecule has 0 heteroatoms. The van der Waals surface area contributed by atoms with Crippen molar-refractivity contribution in [2.24, 2.45) is 5.92 Å². The van der Waals surface area contributed by atoms with Crippen LogP contribution in [0.15, 0.2) is 42.5 Å². The van der Waals surface area contributed by atoms with E-state index in [4.69, 9.17) is 0 Å². The van der Waals surface area contributed by atoms with Gasteiger partial charge in [0.1, 0.15) is 0 Å². The Labute approximate surface area is 111 Å². The predicted octanol–water partition coefficient (Wildman–Crippen LogP) is 5.17. The van der Waals surface area contributed by atoms with Crippen LogP contribution in [0.1, 0.15) is 30.5 Å². The van der Waals surface area contributed by atoms with Gasteiger partial charge in [0.05, 0.1) is 0 Å². The zero-order chi connectivity index (χ0) is 13.1. The molecule has 0 atom stereocenters. The average molecular weight is 238 g/mol. The summed E-state index contributed by atoms with van der Waals surface area (Å²) < 4.78 is 0. The monoisotopic (exact) mass is 238 g/mol. The minimum atomic E-state index is 0.717. The summed E-state index contributed by atoms with van der Waals surface area (Å²) in [7, 11) is 0. The molecule has 0 aromatic heterocycles. The van der Waals surface area contributed by atoms with E-state index in [0.29, 0.717) is 5.92 Å². The Bertz CT molecular complexity index is 518. The quantitative estimate of drug-likeness (QED) is 0.692. The molecular weight excluding hydrogens is 216 g/mol. The van der Waals surface area contributed by atoms with E-state index in [-0.39, 0.29) is 0 Å². The van der Waals surface area contributed by atoms with E-state index >= 15 is 0 Å². The molecule has 0 radical (unpaired) electrons. The van der Waals surface area contributed by atoms with Crippen LogP contribution in [0, 0.1) is 19.8 Å². The van der Waals surface area contributed by atoms with Gasteiger partial charge in [0, 0.05) is 0 Å². The number of hydrogen-bond donors (Lipinski definition) is 0. The van der Waals surface area contributed by atoms with E-state index in [9.17, 15) is 0 Å². The number of hydrogen-bond acceptors (Lipinski definition) is 0. The highest BCUT2D eigenvalue weighted by Crippen LogP contribution is 2.24. The molecule has 0 spiro atoms. The van der Waals surface area contributed by atoms with Crippen molar-refractivity contribution in [2.75, 3.05) is 0 Å². The molecule has 2 aromatic rings. The highest BCUT2D eigenvalue weighted by Gasteiger charge is 2.04. The summed E-state index contributed by atoms with van der Waals surface area (Å²) in [4.78, 5) is 0. The molecule has 0 N–H and O–H groups in total. The Hall–Kier alpha value is -1.56. The van der Waals surface area contributed by atoms with E-state index in [1.54, 1.807) is 0 Å². The van der Waals surface area contributed by atoms with Gasteiger partial charge in [-0.05, 0) is 48.4 Å². The number of aryl methyl sites for hydroxylation is 2. The number of benzene rings is 2. The van der Waals surface area contributed by atoms with Gasteiger partial charge in [-0.3, -0.25) is 0 Å². The van der Waals surface area contributed by atoms with Crippen molar-refractivity contribution in [3.05, 3.63) is 59.2 Å². The van der Waals surface area contributed by atoms with Crippen molar-refractivity contribution < 1.29 is 0 Å². The van der Waals surface area contributed by atoms with Crippen LogP contribution < -0.4 is 0 Å². The lowest BCUT2D eigenvalue weighted by atomic mass is 9.95. The van der Waals surface area contributed by atoms with Gasteiger partial charge in [-0.25, -0.2) is 0 Å². The van der Waals surface area contributed by atoms with E-state index in [0.717, 1.165) is 0 Å². The van der Waals surface area contributed by atoms with E-state index in [1.165, 1.54) is 34.2 Å². The van der Waals surface area contributed by atoms with Crippen molar-refractivity contribution >= 4 is 0 Å². The van der Waals surface area contributed by atoms with Crippen LogP contribution in [-0.2, 0) is 6.42 Å². The van der Waals surface area contributed by atoms with Crippen LogP contribution in [-0.4, -0.2) is 0 Å². The summed E-state index contributed by atoms with van der Waals surface area (Å²) in [6.07, 6.45) is 1.17. The molecule has 2 rings (SSSR count). The first kappa shape index (κ1) is 12.9. The topological polar surface area (TPSA) is 0 Å². The summed E-state index contributed by atoms with van der Waals surface area (Å²) in [5, 5.41) is 0. The third-order valence-corrected chi connectivity index (χ3v) is 3.36. The van der Waals surface area contributed by atoms with Gasteiger partial charge in [-0.15, -0.1) is 0 Å².